The number of hydrogen-bond donors (Lipinski definition) is 2. The molecule has 0 unspecified atom stereocenters. The third kappa shape index (κ3) is 6.58. The molecule has 0 fully saturated rings. The van der Waals surface area contributed by atoms with Gasteiger partial charge in [-0.2, -0.15) is 5.10 Å². The summed E-state index contributed by atoms with van der Waals surface area (Å²) in [5.41, 5.74) is 4.93. The molecule has 0 spiro atoms. The van der Waals surface area contributed by atoms with E-state index in [1.54, 1.807) is 18.2 Å². The van der Waals surface area contributed by atoms with Crippen molar-refractivity contribution in [1.29, 1.82) is 0 Å². The maximum Gasteiger partial charge on any atom is 0.318 e. The quantitative estimate of drug-likeness (QED) is 0.457. The van der Waals surface area contributed by atoms with Crippen molar-refractivity contribution in [2.45, 2.75) is 32.9 Å². The Kier molecular flexibility index (Phi) is 8.46. The van der Waals surface area contributed by atoms with Crippen molar-refractivity contribution >= 4 is 12.0 Å². The van der Waals surface area contributed by atoms with Crippen LogP contribution in [0.25, 0.3) is 11.3 Å². The number of nitrogens with zero attached hydrogens (tertiary/aromatic N) is 2. The fourth-order valence-corrected chi connectivity index (χ4v) is 3.43. The molecule has 174 valence electrons. The van der Waals surface area contributed by atoms with Crippen LogP contribution < -0.4 is 10.1 Å². The lowest BCUT2D eigenvalue weighted by atomic mass is 10.1. The van der Waals surface area contributed by atoms with Gasteiger partial charge in [0.2, 0.25) is 0 Å². The number of urea groups is 1. The fraction of sp³-hybridized carbons (Fsp3) is 0.320. The minimum atomic E-state index is -0.367. The number of aryl methyl sites for hydroxylation is 1. The average Bonchev–Trinajstić information content (AvgIpc) is 3.32. The second-order valence-corrected chi connectivity index (χ2v) is 7.58. The van der Waals surface area contributed by atoms with Crippen LogP contribution in [-0.2, 0) is 29.0 Å². The normalized spacial score (nSPS) is 10.5. The van der Waals surface area contributed by atoms with E-state index in [1.165, 1.54) is 12.7 Å². The van der Waals surface area contributed by atoms with Crippen molar-refractivity contribution in [2.75, 3.05) is 20.8 Å². The van der Waals surface area contributed by atoms with E-state index in [9.17, 15) is 9.59 Å². The van der Waals surface area contributed by atoms with Crippen LogP contribution in [-0.4, -0.2) is 47.9 Å². The molecule has 0 aliphatic heterocycles. The van der Waals surface area contributed by atoms with E-state index in [-0.39, 0.29) is 25.0 Å². The molecular formula is C25H30N4O4. The Hall–Kier alpha value is -3.81. The van der Waals surface area contributed by atoms with Gasteiger partial charge in [0, 0.05) is 24.2 Å². The summed E-state index contributed by atoms with van der Waals surface area (Å²) in [7, 11) is 2.95. The van der Waals surface area contributed by atoms with Crippen LogP contribution in [0, 0.1) is 0 Å². The Morgan fingerprint density at radius 3 is 2.33 bits per heavy atom. The number of nitrogens with one attached hydrogen (secondary N) is 2. The first kappa shape index (κ1) is 23.8. The standard InChI is InChI=1S/C25H30N4O4/c1-4-18-5-7-19(8-6-18)16-29(25(31)26-14-13-23(30)33-3)17-21-15-27-28-24(21)20-9-11-22(32-2)12-10-20/h5-12,15H,4,13-14,16-17H2,1-3H3,(H,26,31)(H,27,28). The number of aromatic amines is 1. The summed E-state index contributed by atoms with van der Waals surface area (Å²) >= 11 is 0. The smallest absolute Gasteiger partial charge is 0.318 e. The number of hydrogen-bond acceptors (Lipinski definition) is 5. The first-order valence-corrected chi connectivity index (χ1v) is 10.9. The number of ether oxygens (including phenoxy) is 2. The molecule has 0 aliphatic rings. The van der Waals surface area contributed by atoms with Crippen molar-refractivity contribution in [3.63, 3.8) is 0 Å². The summed E-state index contributed by atoms with van der Waals surface area (Å²) < 4.78 is 9.89. The molecule has 3 aromatic rings. The summed E-state index contributed by atoms with van der Waals surface area (Å²) in [6.07, 6.45) is 2.80. The molecule has 0 radical (unpaired) electrons. The van der Waals surface area contributed by atoms with Gasteiger partial charge in [-0.1, -0.05) is 31.2 Å². The molecule has 1 aromatic heterocycles. The predicted molar refractivity (Wildman–Crippen MR) is 126 cm³/mol. The molecule has 0 bridgehead atoms. The molecule has 0 aliphatic carbocycles. The Labute approximate surface area is 193 Å². The zero-order chi connectivity index (χ0) is 23.6. The number of esters is 1. The number of methoxy groups -OCH3 is 2. The lowest BCUT2D eigenvalue weighted by Gasteiger charge is -2.23. The number of benzene rings is 2. The third-order valence-electron chi connectivity index (χ3n) is 5.38. The van der Waals surface area contributed by atoms with Gasteiger partial charge in [0.1, 0.15) is 5.75 Å². The van der Waals surface area contributed by atoms with Gasteiger partial charge < -0.3 is 19.7 Å². The van der Waals surface area contributed by atoms with Gasteiger partial charge in [-0.05, 0) is 41.8 Å². The van der Waals surface area contributed by atoms with E-state index in [0.717, 1.165) is 34.6 Å². The second-order valence-electron chi connectivity index (χ2n) is 7.58. The van der Waals surface area contributed by atoms with Crippen molar-refractivity contribution in [2.24, 2.45) is 0 Å². The topological polar surface area (TPSA) is 96.5 Å². The van der Waals surface area contributed by atoms with Crippen LogP contribution in [0.1, 0.15) is 30.0 Å². The number of carbonyl (C=O) groups is 2. The predicted octanol–water partition coefficient (Wildman–Crippen LogP) is 3.92. The number of carbonyl (C=O) groups excluding carboxylic acids is 2. The summed E-state index contributed by atoms with van der Waals surface area (Å²) in [5.74, 6) is 0.399. The van der Waals surface area contributed by atoms with Crippen LogP contribution in [0.5, 0.6) is 5.75 Å². The van der Waals surface area contributed by atoms with Crippen LogP contribution in [0.2, 0.25) is 0 Å². The molecule has 3 rings (SSSR count). The molecule has 8 nitrogen and oxygen atoms in total. The van der Waals surface area contributed by atoms with Gasteiger partial charge in [-0.15, -0.1) is 0 Å². The van der Waals surface area contributed by atoms with Gasteiger partial charge in [0.25, 0.3) is 0 Å². The zero-order valence-corrected chi connectivity index (χ0v) is 19.3. The highest BCUT2D eigenvalue weighted by molar-refractivity contribution is 5.76. The third-order valence-corrected chi connectivity index (χ3v) is 5.38. The van der Waals surface area contributed by atoms with Gasteiger partial charge in [0.05, 0.1) is 39.1 Å². The number of H-pyrrole nitrogens is 1. The van der Waals surface area contributed by atoms with E-state index in [2.05, 4.69) is 39.3 Å². The van der Waals surface area contributed by atoms with Gasteiger partial charge in [0.15, 0.2) is 0 Å². The molecule has 0 saturated carbocycles. The van der Waals surface area contributed by atoms with E-state index < -0.39 is 0 Å². The summed E-state index contributed by atoms with van der Waals surface area (Å²) in [5, 5.41) is 10.1. The molecule has 0 saturated heterocycles. The Morgan fingerprint density at radius 2 is 1.70 bits per heavy atom. The monoisotopic (exact) mass is 450 g/mol. The first-order chi connectivity index (χ1) is 16.0. The molecule has 1 heterocycles. The van der Waals surface area contributed by atoms with Crippen molar-refractivity contribution in [3.05, 3.63) is 71.4 Å². The van der Waals surface area contributed by atoms with Gasteiger partial charge in [-0.3, -0.25) is 9.89 Å². The molecule has 2 amide bonds. The van der Waals surface area contributed by atoms with Crippen LogP contribution in [0.4, 0.5) is 4.79 Å². The summed E-state index contributed by atoms with van der Waals surface area (Å²) in [6.45, 7) is 3.07. The van der Waals surface area contributed by atoms with E-state index in [4.69, 9.17) is 4.74 Å². The first-order valence-electron chi connectivity index (χ1n) is 10.9. The van der Waals surface area contributed by atoms with E-state index in [0.29, 0.717) is 13.1 Å². The lowest BCUT2D eigenvalue weighted by molar-refractivity contribution is -0.140. The lowest BCUT2D eigenvalue weighted by Crippen LogP contribution is -2.40. The maximum absolute atomic E-state index is 13.0. The molecule has 2 aromatic carbocycles. The van der Waals surface area contributed by atoms with Crippen molar-refractivity contribution < 1.29 is 19.1 Å². The molecule has 33 heavy (non-hydrogen) atoms. The largest absolute Gasteiger partial charge is 0.497 e. The second kappa shape index (κ2) is 11.7. The van der Waals surface area contributed by atoms with Crippen molar-refractivity contribution in [3.8, 4) is 17.0 Å². The van der Waals surface area contributed by atoms with Crippen LogP contribution in [0.15, 0.2) is 54.7 Å². The summed E-state index contributed by atoms with van der Waals surface area (Å²) in [4.78, 5) is 26.1. The van der Waals surface area contributed by atoms with Crippen LogP contribution in [0.3, 0.4) is 0 Å². The van der Waals surface area contributed by atoms with E-state index in [1.807, 2.05) is 36.4 Å². The highest BCUT2D eigenvalue weighted by Crippen LogP contribution is 2.25. The number of amides is 2. The molecule has 2 N–H and O–H groups in total. The SMILES string of the molecule is CCc1ccc(CN(Cc2cn[nH]c2-c2ccc(OC)cc2)C(=O)NCCC(=O)OC)cc1. The number of rotatable bonds is 10. The summed E-state index contributed by atoms with van der Waals surface area (Å²) in [6, 6.07) is 15.6. The molecular weight excluding hydrogens is 420 g/mol. The fourth-order valence-electron chi connectivity index (χ4n) is 3.43. The van der Waals surface area contributed by atoms with Gasteiger partial charge in [-0.25, -0.2) is 4.79 Å². The highest BCUT2D eigenvalue weighted by Gasteiger charge is 2.18. The molecule has 8 heteroatoms. The van der Waals surface area contributed by atoms with Crippen molar-refractivity contribution in [1.82, 2.24) is 20.4 Å². The minimum Gasteiger partial charge on any atom is -0.497 e. The Bertz CT molecular complexity index is 1050. The Balaban J connectivity index is 1.79. The maximum atomic E-state index is 13.0. The minimum absolute atomic E-state index is 0.115. The highest BCUT2D eigenvalue weighted by atomic mass is 16.5. The van der Waals surface area contributed by atoms with Gasteiger partial charge >= 0.3 is 12.0 Å². The average molecular weight is 451 g/mol. The number of aromatic nitrogens is 2. The van der Waals surface area contributed by atoms with E-state index >= 15 is 0 Å². The van der Waals surface area contributed by atoms with Crippen LogP contribution >= 0.6 is 0 Å². The Morgan fingerprint density at radius 1 is 1.00 bits per heavy atom. The molecule has 0 atom stereocenters. The zero-order valence-electron chi connectivity index (χ0n) is 19.3.